The first-order valence-corrected chi connectivity index (χ1v) is 7.10. The first-order valence-electron chi connectivity index (χ1n) is 6.31. The average molecular weight is 367 g/mol. The second-order valence-electron chi connectivity index (χ2n) is 4.32. The molecule has 0 aromatic heterocycles. The lowest BCUT2D eigenvalue weighted by Crippen LogP contribution is -2.15. The summed E-state index contributed by atoms with van der Waals surface area (Å²) < 4.78 is 23.8. The van der Waals surface area contributed by atoms with E-state index in [1.165, 1.54) is 19.2 Å². The molecule has 0 aliphatic carbocycles. The summed E-state index contributed by atoms with van der Waals surface area (Å²) in [5.41, 5.74) is 0.337. The Morgan fingerprint density at radius 1 is 1.14 bits per heavy atom. The molecule has 2 aromatic carbocycles. The lowest BCUT2D eigenvalue weighted by Gasteiger charge is -2.09. The van der Waals surface area contributed by atoms with Gasteiger partial charge in [0.05, 0.1) is 18.2 Å². The second-order valence-corrected chi connectivity index (χ2v) is 5.18. The average Bonchev–Trinajstić information content (AvgIpc) is 2.52. The Balaban J connectivity index is 2.09. The van der Waals surface area contributed by atoms with Gasteiger partial charge < -0.3 is 9.47 Å². The SMILES string of the molecule is COc1ccc(F)cc1C(=O)COC(=O)c1ccccc1Br. The Hall–Kier alpha value is -2.21. The number of esters is 1. The van der Waals surface area contributed by atoms with Crippen LogP contribution >= 0.6 is 15.9 Å². The van der Waals surface area contributed by atoms with E-state index in [2.05, 4.69) is 15.9 Å². The van der Waals surface area contributed by atoms with Crippen molar-refractivity contribution >= 4 is 27.7 Å². The summed E-state index contributed by atoms with van der Waals surface area (Å²) in [5.74, 6) is -1.53. The van der Waals surface area contributed by atoms with Gasteiger partial charge in [0.25, 0.3) is 0 Å². The number of carbonyl (C=O) groups excluding carboxylic acids is 2. The molecule has 0 aliphatic heterocycles. The molecule has 2 aromatic rings. The van der Waals surface area contributed by atoms with E-state index in [0.717, 1.165) is 6.07 Å². The van der Waals surface area contributed by atoms with Crippen LogP contribution in [-0.4, -0.2) is 25.5 Å². The van der Waals surface area contributed by atoms with E-state index in [0.29, 0.717) is 10.0 Å². The van der Waals surface area contributed by atoms with Gasteiger partial charge in [0.15, 0.2) is 6.61 Å². The predicted octanol–water partition coefficient (Wildman–Crippen LogP) is 3.64. The highest BCUT2D eigenvalue weighted by molar-refractivity contribution is 9.10. The number of Topliss-reactive ketones (excluding diaryl/α,β-unsaturated/α-hetero) is 1. The molecule has 0 fully saturated rings. The third kappa shape index (κ3) is 3.71. The van der Waals surface area contributed by atoms with Crippen LogP contribution in [0.3, 0.4) is 0 Å². The second kappa shape index (κ2) is 7.17. The molecule has 22 heavy (non-hydrogen) atoms. The van der Waals surface area contributed by atoms with Gasteiger partial charge in [0.2, 0.25) is 5.78 Å². The van der Waals surface area contributed by atoms with Crippen LogP contribution in [0.5, 0.6) is 5.75 Å². The number of halogens is 2. The van der Waals surface area contributed by atoms with Gasteiger partial charge in [0, 0.05) is 4.47 Å². The zero-order valence-corrected chi connectivity index (χ0v) is 13.2. The van der Waals surface area contributed by atoms with Crippen molar-refractivity contribution in [2.75, 3.05) is 13.7 Å². The maximum Gasteiger partial charge on any atom is 0.339 e. The molecule has 0 heterocycles. The highest BCUT2D eigenvalue weighted by Gasteiger charge is 2.17. The molecule has 0 saturated heterocycles. The minimum absolute atomic E-state index is 0.0300. The predicted molar refractivity (Wildman–Crippen MR) is 81.7 cm³/mol. The van der Waals surface area contributed by atoms with Gasteiger partial charge in [-0.15, -0.1) is 0 Å². The number of carbonyl (C=O) groups is 2. The molecule has 0 bridgehead atoms. The van der Waals surface area contributed by atoms with Gasteiger partial charge >= 0.3 is 5.97 Å². The number of ether oxygens (including phenoxy) is 2. The topological polar surface area (TPSA) is 52.6 Å². The fourth-order valence-electron chi connectivity index (χ4n) is 1.81. The largest absolute Gasteiger partial charge is 0.496 e. The van der Waals surface area contributed by atoms with Crippen LogP contribution < -0.4 is 4.74 Å². The smallest absolute Gasteiger partial charge is 0.339 e. The molecule has 0 spiro atoms. The minimum Gasteiger partial charge on any atom is -0.496 e. The molecule has 6 heteroatoms. The summed E-state index contributed by atoms with van der Waals surface area (Å²) in [6.45, 7) is -0.500. The maximum absolute atomic E-state index is 13.2. The summed E-state index contributed by atoms with van der Waals surface area (Å²) in [7, 11) is 1.37. The number of methoxy groups -OCH3 is 1. The zero-order chi connectivity index (χ0) is 16.1. The van der Waals surface area contributed by atoms with Gasteiger partial charge in [-0.1, -0.05) is 12.1 Å². The van der Waals surface area contributed by atoms with Crippen molar-refractivity contribution in [3.8, 4) is 5.75 Å². The Kier molecular flexibility index (Phi) is 5.27. The van der Waals surface area contributed by atoms with E-state index in [1.54, 1.807) is 24.3 Å². The number of hydrogen-bond acceptors (Lipinski definition) is 4. The van der Waals surface area contributed by atoms with E-state index >= 15 is 0 Å². The van der Waals surface area contributed by atoms with Gasteiger partial charge in [-0.3, -0.25) is 4.79 Å². The van der Waals surface area contributed by atoms with Crippen LogP contribution in [0.25, 0.3) is 0 Å². The monoisotopic (exact) mass is 366 g/mol. The van der Waals surface area contributed by atoms with Gasteiger partial charge in [-0.2, -0.15) is 0 Å². The van der Waals surface area contributed by atoms with Crippen molar-refractivity contribution in [3.63, 3.8) is 0 Å². The molecule has 0 unspecified atom stereocenters. The molecule has 4 nitrogen and oxygen atoms in total. The molecule has 2 rings (SSSR count). The van der Waals surface area contributed by atoms with Crippen LogP contribution in [0, 0.1) is 5.82 Å². The minimum atomic E-state index is -0.642. The van der Waals surface area contributed by atoms with Crippen molar-refractivity contribution in [2.24, 2.45) is 0 Å². The molecule has 0 aliphatic rings. The van der Waals surface area contributed by atoms with Crippen LogP contribution in [0.2, 0.25) is 0 Å². The molecule has 0 atom stereocenters. The van der Waals surface area contributed by atoms with Crippen LogP contribution in [-0.2, 0) is 4.74 Å². The van der Waals surface area contributed by atoms with E-state index in [-0.39, 0.29) is 11.3 Å². The van der Waals surface area contributed by atoms with Crippen LogP contribution in [0.4, 0.5) is 4.39 Å². The first kappa shape index (κ1) is 16.2. The lowest BCUT2D eigenvalue weighted by atomic mass is 10.1. The Labute approximate surface area is 135 Å². The number of hydrogen-bond donors (Lipinski definition) is 0. The summed E-state index contributed by atoms with van der Waals surface area (Å²) >= 11 is 3.23. The first-order chi connectivity index (χ1) is 10.5. The van der Waals surface area contributed by atoms with Crippen LogP contribution in [0.15, 0.2) is 46.9 Å². The molecule has 0 radical (unpaired) electrons. The lowest BCUT2D eigenvalue weighted by molar-refractivity contribution is 0.0473. The molecule has 0 amide bonds. The summed E-state index contributed by atoms with van der Waals surface area (Å²) in [6, 6.07) is 10.3. The van der Waals surface area contributed by atoms with Crippen LogP contribution in [0.1, 0.15) is 20.7 Å². The third-order valence-corrected chi connectivity index (χ3v) is 3.58. The van der Waals surface area contributed by atoms with Gasteiger partial charge in [-0.25, -0.2) is 9.18 Å². The molecule has 0 saturated carbocycles. The van der Waals surface area contributed by atoms with Crippen molar-refractivity contribution < 1.29 is 23.5 Å². The Morgan fingerprint density at radius 2 is 1.86 bits per heavy atom. The van der Waals surface area contributed by atoms with Gasteiger partial charge in [0.1, 0.15) is 11.6 Å². The third-order valence-electron chi connectivity index (χ3n) is 2.89. The highest BCUT2D eigenvalue weighted by Crippen LogP contribution is 2.21. The van der Waals surface area contributed by atoms with E-state index in [9.17, 15) is 14.0 Å². The normalized spacial score (nSPS) is 10.1. The number of rotatable bonds is 5. The van der Waals surface area contributed by atoms with E-state index in [4.69, 9.17) is 9.47 Å². The zero-order valence-electron chi connectivity index (χ0n) is 11.6. The van der Waals surface area contributed by atoms with E-state index < -0.39 is 24.2 Å². The highest BCUT2D eigenvalue weighted by atomic mass is 79.9. The molecule has 114 valence electrons. The number of benzene rings is 2. The van der Waals surface area contributed by atoms with E-state index in [1.807, 2.05) is 0 Å². The Morgan fingerprint density at radius 3 is 2.55 bits per heavy atom. The Bertz CT molecular complexity index is 715. The molecular formula is C16H12BrFO4. The summed E-state index contributed by atoms with van der Waals surface area (Å²) in [4.78, 5) is 24.0. The van der Waals surface area contributed by atoms with Crippen molar-refractivity contribution in [1.82, 2.24) is 0 Å². The summed E-state index contributed by atoms with van der Waals surface area (Å²) in [5, 5.41) is 0. The maximum atomic E-state index is 13.2. The molecule has 0 N–H and O–H groups in total. The van der Waals surface area contributed by atoms with Crippen molar-refractivity contribution in [3.05, 3.63) is 63.9 Å². The quantitative estimate of drug-likeness (QED) is 0.598. The summed E-state index contributed by atoms with van der Waals surface area (Å²) in [6.07, 6.45) is 0. The van der Waals surface area contributed by atoms with Crippen molar-refractivity contribution in [1.29, 1.82) is 0 Å². The van der Waals surface area contributed by atoms with Gasteiger partial charge in [-0.05, 0) is 46.3 Å². The van der Waals surface area contributed by atoms with Crippen molar-refractivity contribution in [2.45, 2.75) is 0 Å². The fraction of sp³-hybridized carbons (Fsp3) is 0.125. The molecular weight excluding hydrogens is 355 g/mol. The fourth-order valence-corrected chi connectivity index (χ4v) is 2.26. The number of ketones is 1. The standard InChI is InChI=1S/C16H12BrFO4/c1-21-15-7-6-10(18)8-12(15)14(19)9-22-16(20)11-4-2-3-5-13(11)17/h2-8H,9H2,1H3.